The average molecular weight is 350 g/mol. The molecule has 1 rings (SSSR count). The third-order valence-corrected chi connectivity index (χ3v) is 3.07. The average Bonchev–Trinajstić information content (AvgIpc) is 2.53. The predicted molar refractivity (Wildman–Crippen MR) is 85.4 cm³/mol. The number of rotatable bonds is 8. The van der Waals surface area contributed by atoms with Crippen LogP contribution in [0, 0.1) is 0 Å². The summed E-state index contributed by atoms with van der Waals surface area (Å²) < 4.78 is 10.1. The number of esters is 2. The number of benzene rings is 1. The third kappa shape index (κ3) is 5.45. The van der Waals surface area contributed by atoms with Crippen molar-refractivity contribution < 1.29 is 38.9 Å². The van der Waals surface area contributed by atoms with Gasteiger partial charge in [0, 0.05) is 12.0 Å². The molecule has 25 heavy (non-hydrogen) atoms. The quantitative estimate of drug-likeness (QED) is 0.416. The van der Waals surface area contributed by atoms with Crippen LogP contribution in [-0.4, -0.2) is 40.4 Å². The first-order chi connectivity index (χ1) is 11.7. The molecule has 0 aliphatic heterocycles. The van der Waals surface area contributed by atoms with E-state index in [-0.39, 0.29) is 17.6 Å². The van der Waals surface area contributed by atoms with Crippen LogP contribution in [0.4, 0.5) is 0 Å². The molecule has 0 saturated carbocycles. The van der Waals surface area contributed by atoms with E-state index in [0.717, 1.165) is 18.2 Å². The van der Waals surface area contributed by atoms with Crippen LogP contribution in [0.25, 0.3) is 0 Å². The number of aromatic carboxylic acids is 2. The number of carbonyl (C=O) groups excluding carboxylic acids is 2. The van der Waals surface area contributed by atoms with E-state index in [9.17, 15) is 19.2 Å². The summed E-state index contributed by atoms with van der Waals surface area (Å²) >= 11 is 0. The van der Waals surface area contributed by atoms with Gasteiger partial charge < -0.3 is 19.7 Å². The maximum atomic E-state index is 12.2. The van der Waals surface area contributed by atoms with Gasteiger partial charge >= 0.3 is 23.9 Å². The lowest BCUT2D eigenvalue weighted by molar-refractivity contribution is -0.164. The van der Waals surface area contributed by atoms with Gasteiger partial charge in [0.15, 0.2) is 0 Å². The van der Waals surface area contributed by atoms with Gasteiger partial charge in [-0.15, -0.1) is 0 Å². The van der Waals surface area contributed by atoms with Crippen molar-refractivity contribution in [1.82, 2.24) is 0 Å². The Hall–Kier alpha value is -3.16. The molecular weight excluding hydrogens is 332 g/mol. The van der Waals surface area contributed by atoms with Crippen LogP contribution in [0.15, 0.2) is 30.4 Å². The number of hydrogen-bond donors (Lipinski definition) is 2. The maximum Gasteiger partial charge on any atom is 0.341 e. The first-order valence-corrected chi connectivity index (χ1v) is 7.35. The van der Waals surface area contributed by atoms with E-state index in [1.54, 1.807) is 6.92 Å². The zero-order valence-corrected chi connectivity index (χ0v) is 13.8. The third-order valence-electron chi connectivity index (χ3n) is 3.07. The van der Waals surface area contributed by atoms with Crippen molar-refractivity contribution in [1.29, 1.82) is 0 Å². The minimum atomic E-state index is -1.49. The van der Waals surface area contributed by atoms with E-state index in [1.807, 2.05) is 0 Å². The zero-order valence-electron chi connectivity index (χ0n) is 13.8. The molecule has 0 radical (unpaired) electrons. The Morgan fingerprint density at radius 2 is 1.68 bits per heavy atom. The summed E-state index contributed by atoms with van der Waals surface area (Å²) in [6.07, 6.45) is -0.363. The normalized spacial score (nSPS) is 11.3. The fraction of sp³-hybridized carbons (Fsp3) is 0.294. The monoisotopic (exact) mass is 350 g/mol. The van der Waals surface area contributed by atoms with E-state index in [0.29, 0.717) is 6.42 Å². The first kappa shape index (κ1) is 19.9. The summed E-state index contributed by atoms with van der Waals surface area (Å²) in [4.78, 5) is 45.9. The van der Waals surface area contributed by atoms with E-state index in [1.165, 1.54) is 6.92 Å². The van der Waals surface area contributed by atoms with Gasteiger partial charge in [0.25, 0.3) is 0 Å². The van der Waals surface area contributed by atoms with Crippen molar-refractivity contribution in [3.8, 4) is 0 Å². The molecule has 1 aromatic rings. The maximum absolute atomic E-state index is 12.2. The highest BCUT2D eigenvalue weighted by Gasteiger charge is 2.23. The zero-order chi connectivity index (χ0) is 19.1. The lowest BCUT2D eigenvalue weighted by Gasteiger charge is -2.18. The van der Waals surface area contributed by atoms with Crippen molar-refractivity contribution in [3.05, 3.63) is 47.0 Å². The topological polar surface area (TPSA) is 127 Å². The van der Waals surface area contributed by atoms with Gasteiger partial charge in [-0.2, -0.15) is 0 Å². The molecule has 134 valence electrons. The number of carboxylic acids is 2. The van der Waals surface area contributed by atoms with E-state index < -0.39 is 41.3 Å². The Balaban J connectivity index is 3.02. The van der Waals surface area contributed by atoms with Gasteiger partial charge in [0.1, 0.15) is 0 Å². The summed E-state index contributed by atoms with van der Waals surface area (Å²) in [5, 5.41) is 18.0. The predicted octanol–water partition coefficient (Wildman–Crippen LogP) is 2.49. The van der Waals surface area contributed by atoms with Gasteiger partial charge in [-0.05, 0) is 31.5 Å². The molecule has 1 aromatic carbocycles. The summed E-state index contributed by atoms with van der Waals surface area (Å²) in [5.41, 5.74) is -1.04. The molecule has 2 N–H and O–H groups in total. The highest BCUT2D eigenvalue weighted by atomic mass is 16.7. The second-order valence-corrected chi connectivity index (χ2v) is 5.18. The van der Waals surface area contributed by atoms with Crippen LogP contribution in [0.5, 0.6) is 0 Å². The van der Waals surface area contributed by atoms with Gasteiger partial charge in [-0.3, -0.25) is 0 Å². The Labute approximate surface area is 143 Å². The second-order valence-electron chi connectivity index (χ2n) is 5.18. The summed E-state index contributed by atoms with van der Waals surface area (Å²) in [6, 6.07) is 3.02. The molecule has 0 heterocycles. The van der Waals surface area contributed by atoms with Gasteiger partial charge in [0.2, 0.25) is 6.29 Å². The Bertz CT molecular complexity index is 719. The summed E-state index contributed by atoms with van der Waals surface area (Å²) in [5.74, 6) is -4.59. The molecule has 0 aliphatic carbocycles. The smallest absolute Gasteiger partial charge is 0.341 e. The van der Waals surface area contributed by atoms with Crippen LogP contribution < -0.4 is 0 Å². The van der Waals surface area contributed by atoms with Crippen molar-refractivity contribution >= 4 is 23.9 Å². The van der Waals surface area contributed by atoms with Crippen LogP contribution in [-0.2, 0) is 14.3 Å². The lowest BCUT2D eigenvalue weighted by atomic mass is 10.0. The van der Waals surface area contributed by atoms with Crippen molar-refractivity contribution in [2.45, 2.75) is 33.0 Å². The van der Waals surface area contributed by atoms with Gasteiger partial charge in [0.05, 0.1) is 16.7 Å². The number of carboxylic acid groups (broad SMARTS) is 2. The van der Waals surface area contributed by atoms with Crippen LogP contribution >= 0.6 is 0 Å². The molecule has 0 saturated heterocycles. The highest BCUT2D eigenvalue weighted by molar-refractivity contribution is 6.04. The molecule has 1 unspecified atom stereocenters. The SMILES string of the molecule is C=C(C)C(=O)OC(CCC)OC(=O)c1ccc(C(=O)O)c(C(=O)O)c1. The van der Waals surface area contributed by atoms with Crippen LogP contribution in [0.2, 0.25) is 0 Å². The van der Waals surface area contributed by atoms with Crippen LogP contribution in [0.3, 0.4) is 0 Å². The Morgan fingerprint density at radius 3 is 2.16 bits per heavy atom. The molecular formula is C17H18O8. The van der Waals surface area contributed by atoms with Gasteiger partial charge in [-0.25, -0.2) is 19.2 Å². The van der Waals surface area contributed by atoms with Gasteiger partial charge in [-0.1, -0.05) is 13.5 Å². The molecule has 0 amide bonds. The fourth-order valence-electron chi connectivity index (χ4n) is 1.82. The Kier molecular flexibility index (Phi) is 6.86. The summed E-state index contributed by atoms with van der Waals surface area (Å²) in [6.45, 7) is 6.66. The molecule has 0 aliphatic rings. The van der Waals surface area contributed by atoms with Crippen molar-refractivity contribution in [2.24, 2.45) is 0 Å². The summed E-state index contributed by atoms with van der Waals surface area (Å²) in [7, 11) is 0. The van der Waals surface area contributed by atoms with E-state index in [4.69, 9.17) is 19.7 Å². The number of hydrogen-bond acceptors (Lipinski definition) is 6. The van der Waals surface area contributed by atoms with E-state index >= 15 is 0 Å². The Morgan fingerprint density at radius 1 is 1.08 bits per heavy atom. The minimum absolute atomic E-state index is 0.135. The number of carbonyl (C=O) groups is 4. The second kappa shape index (κ2) is 8.62. The molecule has 1 atom stereocenters. The van der Waals surface area contributed by atoms with Crippen LogP contribution in [0.1, 0.15) is 57.8 Å². The number of ether oxygens (including phenoxy) is 2. The highest BCUT2D eigenvalue weighted by Crippen LogP contribution is 2.16. The molecule has 8 nitrogen and oxygen atoms in total. The molecule has 0 fully saturated rings. The molecule has 0 aromatic heterocycles. The van der Waals surface area contributed by atoms with Crippen molar-refractivity contribution in [2.75, 3.05) is 0 Å². The molecule has 0 spiro atoms. The molecule has 8 heteroatoms. The van der Waals surface area contributed by atoms with E-state index in [2.05, 4.69) is 6.58 Å². The largest absolute Gasteiger partial charge is 0.478 e. The first-order valence-electron chi connectivity index (χ1n) is 7.35. The lowest BCUT2D eigenvalue weighted by Crippen LogP contribution is -2.25. The van der Waals surface area contributed by atoms with Crippen molar-refractivity contribution in [3.63, 3.8) is 0 Å². The standard InChI is InChI=1S/C17H18O8/c1-4-5-13(24-16(22)9(2)3)25-17(23)10-6-7-11(14(18)19)12(8-10)15(20)21/h6-8,13H,2,4-5H2,1,3H3,(H,18,19)(H,20,21). The molecule has 0 bridgehead atoms. The fourth-order valence-corrected chi connectivity index (χ4v) is 1.82. The minimum Gasteiger partial charge on any atom is -0.478 e.